The molecule has 6 heteroatoms. The van der Waals surface area contributed by atoms with Crippen molar-refractivity contribution >= 4 is 5.91 Å². The summed E-state index contributed by atoms with van der Waals surface area (Å²) in [7, 11) is 0. The molecular formula is C14H12FNO4. The van der Waals surface area contributed by atoms with Crippen LogP contribution in [-0.2, 0) is 6.54 Å². The summed E-state index contributed by atoms with van der Waals surface area (Å²) >= 11 is 0. The van der Waals surface area contributed by atoms with Crippen LogP contribution in [0.15, 0.2) is 36.4 Å². The molecule has 0 radical (unpaired) electrons. The summed E-state index contributed by atoms with van der Waals surface area (Å²) in [6.07, 6.45) is 0. The van der Waals surface area contributed by atoms with Crippen molar-refractivity contribution in [3.63, 3.8) is 0 Å². The van der Waals surface area contributed by atoms with Crippen LogP contribution in [0.3, 0.4) is 0 Å². The van der Waals surface area contributed by atoms with Crippen molar-refractivity contribution in [1.29, 1.82) is 0 Å². The molecule has 0 saturated heterocycles. The first-order valence-electron chi connectivity index (χ1n) is 5.75. The third kappa shape index (κ3) is 2.97. The summed E-state index contributed by atoms with van der Waals surface area (Å²) in [5.41, 5.74) is 0.336. The van der Waals surface area contributed by atoms with Gasteiger partial charge in [0.05, 0.1) is 0 Å². The summed E-state index contributed by atoms with van der Waals surface area (Å²) in [6, 6.07) is 7.44. The molecule has 0 saturated carbocycles. The van der Waals surface area contributed by atoms with Gasteiger partial charge in [0.2, 0.25) is 0 Å². The van der Waals surface area contributed by atoms with Gasteiger partial charge in [-0.05, 0) is 17.7 Å². The SMILES string of the molecule is O=C(NCc1ccc(F)cc1)c1c(O)cc(O)cc1O. The number of amides is 1. The van der Waals surface area contributed by atoms with E-state index in [9.17, 15) is 19.4 Å². The van der Waals surface area contributed by atoms with Crippen molar-refractivity contribution in [2.75, 3.05) is 0 Å². The molecule has 0 spiro atoms. The third-order valence-corrected chi connectivity index (χ3v) is 2.67. The molecule has 0 aliphatic carbocycles. The van der Waals surface area contributed by atoms with Crippen LogP contribution < -0.4 is 5.32 Å². The number of carbonyl (C=O) groups excluding carboxylic acids is 1. The van der Waals surface area contributed by atoms with Crippen LogP contribution >= 0.6 is 0 Å². The van der Waals surface area contributed by atoms with Gasteiger partial charge in [-0.15, -0.1) is 0 Å². The maximum atomic E-state index is 12.7. The summed E-state index contributed by atoms with van der Waals surface area (Å²) in [5.74, 6) is -2.49. The van der Waals surface area contributed by atoms with Crippen molar-refractivity contribution < 1.29 is 24.5 Å². The molecule has 1 amide bonds. The zero-order valence-electron chi connectivity index (χ0n) is 10.3. The molecule has 0 aliphatic heterocycles. The van der Waals surface area contributed by atoms with Gasteiger partial charge in [0.25, 0.3) is 5.91 Å². The molecule has 4 N–H and O–H groups in total. The summed E-state index contributed by atoms with van der Waals surface area (Å²) in [5, 5.41) is 30.7. The Balaban J connectivity index is 2.11. The normalized spacial score (nSPS) is 10.2. The average molecular weight is 277 g/mol. The van der Waals surface area contributed by atoms with E-state index < -0.39 is 17.4 Å². The van der Waals surface area contributed by atoms with Crippen molar-refractivity contribution in [2.24, 2.45) is 0 Å². The number of nitrogens with one attached hydrogen (secondary N) is 1. The standard InChI is InChI=1S/C14H12FNO4/c15-9-3-1-8(2-4-9)7-16-14(20)13-11(18)5-10(17)6-12(13)19/h1-6,17-19H,7H2,(H,16,20). The van der Waals surface area contributed by atoms with Gasteiger partial charge in [0, 0.05) is 18.7 Å². The second-order valence-electron chi connectivity index (χ2n) is 4.17. The number of hydrogen-bond acceptors (Lipinski definition) is 4. The maximum absolute atomic E-state index is 12.7. The average Bonchev–Trinajstić information content (AvgIpc) is 2.37. The molecule has 0 unspecified atom stereocenters. The van der Waals surface area contributed by atoms with Crippen LogP contribution in [0.4, 0.5) is 4.39 Å². The Hall–Kier alpha value is -2.76. The quantitative estimate of drug-likeness (QED) is 0.689. The van der Waals surface area contributed by atoms with E-state index >= 15 is 0 Å². The lowest BCUT2D eigenvalue weighted by molar-refractivity contribution is 0.0945. The first kappa shape index (κ1) is 13.7. The number of hydrogen-bond donors (Lipinski definition) is 4. The lowest BCUT2D eigenvalue weighted by Crippen LogP contribution is -2.23. The Morgan fingerprint density at radius 3 is 2.15 bits per heavy atom. The molecule has 0 atom stereocenters. The van der Waals surface area contributed by atoms with E-state index in [2.05, 4.69) is 5.32 Å². The molecule has 5 nitrogen and oxygen atoms in total. The first-order chi connectivity index (χ1) is 9.47. The molecule has 0 bridgehead atoms. The number of carbonyl (C=O) groups is 1. The maximum Gasteiger partial charge on any atom is 0.259 e. The van der Waals surface area contributed by atoms with Crippen LogP contribution in [0.25, 0.3) is 0 Å². The van der Waals surface area contributed by atoms with Gasteiger partial charge in [0.15, 0.2) is 0 Å². The molecule has 104 valence electrons. The van der Waals surface area contributed by atoms with Crippen molar-refractivity contribution in [1.82, 2.24) is 5.32 Å². The number of halogens is 1. The zero-order valence-corrected chi connectivity index (χ0v) is 10.3. The largest absolute Gasteiger partial charge is 0.508 e. The Labute approximate surface area is 113 Å². The van der Waals surface area contributed by atoms with E-state index in [4.69, 9.17) is 5.11 Å². The van der Waals surface area contributed by atoms with Gasteiger partial charge >= 0.3 is 0 Å². The van der Waals surface area contributed by atoms with Crippen molar-refractivity contribution in [3.05, 3.63) is 53.3 Å². The van der Waals surface area contributed by atoms with E-state index in [1.807, 2.05) is 0 Å². The fourth-order valence-electron chi connectivity index (χ4n) is 1.70. The Morgan fingerprint density at radius 2 is 1.60 bits per heavy atom. The lowest BCUT2D eigenvalue weighted by Gasteiger charge is -2.09. The molecule has 2 aromatic carbocycles. The van der Waals surface area contributed by atoms with Crippen molar-refractivity contribution in [3.8, 4) is 17.2 Å². The van der Waals surface area contributed by atoms with Gasteiger partial charge < -0.3 is 20.6 Å². The van der Waals surface area contributed by atoms with Gasteiger partial charge in [-0.1, -0.05) is 12.1 Å². The summed E-state index contributed by atoms with van der Waals surface area (Å²) in [6.45, 7) is 0.110. The Kier molecular flexibility index (Phi) is 3.74. The molecule has 0 aromatic heterocycles. The van der Waals surface area contributed by atoms with E-state index in [0.29, 0.717) is 5.56 Å². The summed E-state index contributed by atoms with van der Waals surface area (Å²) < 4.78 is 12.7. The number of rotatable bonds is 3. The Morgan fingerprint density at radius 1 is 1.05 bits per heavy atom. The van der Waals surface area contributed by atoms with Crippen LogP contribution in [0, 0.1) is 5.82 Å². The van der Waals surface area contributed by atoms with Gasteiger partial charge in [-0.3, -0.25) is 4.79 Å². The van der Waals surface area contributed by atoms with E-state index in [0.717, 1.165) is 12.1 Å². The highest BCUT2D eigenvalue weighted by Gasteiger charge is 2.17. The zero-order chi connectivity index (χ0) is 14.7. The van der Waals surface area contributed by atoms with Crippen LogP contribution in [-0.4, -0.2) is 21.2 Å². The molecule has 0 aliphatic rings. The van der Waals surface area contributed by atoms with E-state index in [1.54, 1.807) is 0 Å². The van der Waals surface area contributed by atoms with Crippen LogP contribution in [0.1, 0.15) is 15.9 Å². The van der Waals surface area contributed by atoms with E-state index in [1.165, 1.54) is 24.3 Å². The minimum Gasteiger partial charge on any atom is -0.508 e. The molecule has 2 rings (SSSR count). The van der Waals surface area contributed by atoms with E-state index in [-0.39, 0.29) is 23.7 Å². The minimum absolute atomic E-state index is 0.110. The number of phenolic OH excluding ortho intramolecular Hbond substituents is 3. The smallest absolute Gasteiger partial charge is 0.259 e. The molecule has 20 heavy (non-hydrogen) atoms. The second-order valence-corrected chi connectivity index (χ2v) is 4.17. The van der Waals surface area contributed by atoms with Gasteiger partial charge in [-0.25, -0.2) is 4.39 Å². The minimum atomic E-state index is -0.704. The summed E-state index contributed by atoms with van der Waals surface area (Å²) in [4.78, 5) is 11.9. The fraction of sp³-hybridized carbons (Fsp3) is 0.0714. The highest BCUT2D eigenvalue weighted by Crippen LogP contribution is 2.31. The fourth-order valence-corrected chi connectivity index (χ4v) is 1.70. The lowest BCUT2D eigenvalue weighted by atomic mass is 10.1. The number of aromatic hydroxyl groups is 3. The highest BCUT2D eigenvalue weighted by atomic mass is 19.1. The topological polar surface area (TPSA) is 89.8 Å². The van der Waals surface area contributed by atoms with Crippen LogP contribution in [0.2, 0.25) is 0 Å². The molecule has 2 aromatic rings. The van der Waals surface area contributed by atoms with Crippen LogP contribution in [0.5, 0.6) is 17.2 Å². The van der Waals surface area contributed by atoms with Gasteiger partial charge in [-0.2, -0.15) is 0 Å². The molecule has 0 heterocycles. The number of phenols is 3. The predicted molar refractivity (Wildman–Crippen MR) is 69.0 cm³/mol. The number of benzene rings is 2. The predicted octanol–water partition coefficient (Wildman–Crippen LogP) is 1.87. The highest BCUT2D eigenvalue weighted by molar-refractivity contribution is 5.99. The van der Waals surface area contributed by atoms with Gasteiger partial charge in [0.1, 0.15) is 28.6 Å². The monoisotopic (exact) mass is 277 g/mol. The molecule has 0 fully saturated rings. The van der Waals surface area contributed by atoms with Crippen molar-refractivity contribution in [2.45, 2.75) is 6.54 Å². The second kappa shape index (κ2) is 5.48. The molecular weight excluding hydrogens is 265 g/mol. The first-order valence-corrected chi connectivity index (χ1v) is 5.75. The third-order valence-electron chi connectivity index (χ3n) is 2.67. The Bertz CT molecular complexity index is 617.